The smallest absolute Gasteiger partial charge is 0.307 e. The summed E-state index contributed by atoms with van der Waals surface area (Å²) in [5, 5.41) is 0. The van der Waals surface area contributed by atoms with Crippen molar-refractivity contribution in [3.05, 3.63) is 29.8 Å². The first-order valence-corrected chi connectivity index (χ1v) is 7.43. The van der Waals surface area contributed by atoms with Crippen LogP contribution in [0.3, 0.4) is 0 Å². The van der Waals surface area contributed by atoms with Gasteiger partial charge in [-0.05, 0) is 24.6 Å². The molecule has 1 aromatic rings. The van der Waals surface area contributed by atoms with Gasteiger partial charge in [0.1, 0.15) is 5.75 Å². The van der Waals surface area contributed by atoms with Crippen LogP contribution in [0.15, 0.2) is 24.3 Å². The van der Waals surface area contributed by atoms with Crippen LogP contribution in [0.5, 0.6) is 5.75 Å². The fraction of sp³-hybridized carbons (Fsp3) is 0.500. The molecule has 0 saturated carbocycles. The van der Waals surface area contributed by atoms with Gasteiger partial charge >= 0.3 is 5.97 Å². The molecule has 0 aliphatic rings. The topological polar surface area (TPSA) is 61.5 Å². The van der Waals surface area contributed by atoms with Gasteiger partial charge in [0.25, 0.3) is 0 Å². The number of carbonyl (C=O) groups is 1. The highest BCUT2D eigenvalue weighted by Crippen LogP contribution is 2.17. The lowest BCUT2D eigenvalue weighted by Gasteiger charge is -2.10. The molecule has 2 N–H and O–H groups in total. The number of hydrogen-bond acceptors (Lipinski definition) is 5. The van der Waals surface area contributed by atoms with Crippen molar-refractivity contribution in [1.82, 2.24) is 0 Å². The van der Waals surface area contributed by atoms with E-state index in [4.69, 9.17) is 15.2 Å². The van der Waals surface area contributed by atoms with E-state index >= 15 is 0 Å². The van der Waals surface area contributed by atoms with E-state index in [1.165, 1.54) is 5.56 Å². The van der Waals surface area contributed by atoms with Gasteiger partial charge in [-0.3, -0.25) is 4.79 Å². The Hall–Kier alpha value is -0.910. The summed E-state index contributed by atoms with van der Waals surface area (Å²) in [6.45, 7) is 2.20. The van der Waals surface area contributed by atoms with Gasteiger partial charge < -0.3 is 15.2 Å². The maximum atomic E-state index is 11.2. The van der Waals surface area contributed by atoms with Crippen LogP contribution >= 0.6 is 24.2 Å². The number of hydrogen-bond donors (Lipinski definition) is 1. The third-order valence-electron chi connectivity index (χ3n) is 2.49. The fourth-order valence-corrected chi connectivity index (χ4v) is 2.51. The minimum Gasteiger partial charge on any atom is -0.497 e. The van der Waals surface area contributed by atoms with E-state index in [0.29, 0.717) is 6.61 Å². The minimum absolute atomic E-state index is 0. The van der Waals surface area contributed by atoms with E-state index < -0.39 is 0 Å². The first-order valence-electron chi connectivity index (χ1n) is 6.27. The van der Waals surface area contributed by atoms with Crippen LogP contribution in [-0.2, 0) is 15.3 Å². The van der Waals surface area contributed by atoms with Crippen LogP contribution in [0.1, 0.15) is 18.9 Å². The van der Waals surface area contributed by atoms with Crippen LogP contribution in [0.2, 0.25) is 0 Å². The maximum absolute atomic E-state index is 11.2. The standard InChI is InChI=1S/C14H21NO3S.ClH/c1-3-18-14(16)8-12(15)10-19-9-11-4-6-13(17-2)7-5-11;/h4-7,12H,3,8-10,15H2,1-2H3;1H/t12-;/m1./s1. The second-order valence-corrected chi connectivity index (χ2v) is 5.16. The Labute approximate surface area is 130 Å². The molecule has 0 spiro atoms. The molecule has 20 heavy (non-hydrogen) atoms. The highest BCUT2D eigenvalue weighted by molar-refractivity contribution is 7.98. The molecule has 0 bridgehead atoms. The van der Waals surface area contributed by atoms with Gasteiger partial charge in [-0.15, -0.1) is 12.4 Å². The second kappa shape index (κ2) is 10.8. The van der Waals surface area contributed by atoms with Gasteiger partial charge in [-0.25, -0.2) is 0 Å². The third-order valence-corrected chi connectivity index (χ3v) is 3.70. The molecule has 4 nitrogen and oxygen atoms in total. The highest BCUT2D eigenvalue weighted by atomic mass is 35.5. The Kier molecular flexibility index (Phi) is 10.3. The Morgan fingerprint density at radius 1 is 1.35 bits per heavy atom. The predicted octanol–water partition coefficient (Wildman–Crippen LogP) is 2.63. The van der Waals surface area contributed by atoms with Crippen molar-refractivity contribution >= 4 is 30.1 Å². The van der Waals surface area contributed by atoms with E-state index in [1.807, 2.05) is 24.3 Å². The van der Waals surface area contributed by atoms with Gasteiger partial charge in [0.05, 0.1) is 20.1 Å². The van der Waals surface area contributed by atoms with Crippen LogP contribution in [-0.4, -0.2) is 31.5 Å². The number of methoxy groups -OCH3 is 1. The van der Waals surface area contributed by atoms with Gasteiger partial charge in [0, 0.05) is 17.5 Å². The van der Waals surface area contributed by atoms with Crippen LogP contribution in [0.4, 0.5) is 0 Å². The zero-order chi connectivity index (χ0) is 14.1. The SMILES string of the molecule is CCOC(=O)C[C@@H](N)CSCc1ccc(OC)cc1.Cl. The molecular formula is C14H22ClNO3S. The Morgan fingerprint density at radius 3 is 2.55 bits per heavy atom. The van der Waals surface area contributed by atoms with Crippen LogP contribution in [0.25, 0.3) is 0 Å². The summed E-state index contributed by atoms with van der Waals surface area (Å²) in [7, 11) is 1.65. The molecule has 1 aromatic carbocycles. The normalized spacial score (nSPS) is 11.3. The Balaban J connectivity index is 0.00000361. The lowest BCUT2D eigenvalue weighted by atomic mass is 10.2. The van der Waals surface area contributed by atoms with Crippen molar-refractivity contribution in [2.75, 3.05) is 19.5 Å². The van der Waals surface area contributed by atoms with Gasteiger partial charge in [0.15, 0.2) is 0 Å². The maximum Gasteiger partial charge on any atom is 0.307 e. The number of ether oxygens (including phenoxy) is 2. The zero-order valence-electron chi connectivity index (χ0n) is 11.8. The van der Waals surface area contributed by atoms with E-state index in [9.17, 15) is 4.79 Å². The predicted molar refractivity (Wildman–Crippen MR) is 85.6 cm³/mol. The summed E-state index contributed by atoms with van der Waals surface area (Å²) >= 11 is 1.71. The second-order valence-electron chi connectivity index (χ2n) is 4.13. The molecule has 0 unspecified atom stereocenters. The molecule has 6 heteroatoms. The Bertz CT molecular complexity index is 387. The lowest BCUT2D eigenvalue weighted by Crippen LogP contribution is -2.27. The van der Waals surface area contributed by atoms with Gasteiger partial charge in [-0.1, -0.05) is 12.1 Å². The van der Waals surface area contributed by atoms with Crippen molar-refractivity contribution in [2.45, 2.75) is 25.1 Å². The average molecular weight is 320 g/mol. The summed E-state index contributed by atoms with van der Waals surface area (Å²) in [5.41, 5.74) is 7.09. The van der Waals surface area contributed by atoms with Crippen molar-refractivity contribution in [3.63, 3.8) is 0 Å². The first kappa shape index (κ1) is 19.1. The number of esters is 1. The molecule has 114 valence electrons. The summed E-state index contributed by atoms with van der Waals surface area (Å²) < 4.78 is 9.96. The largest absolute Gasteiger partial charge is 0.497 e. The summed E-state index contributed by atoms with van der Waals surface area (Å²) in [6.07, 6.45) is 0.281. The van der Waals surface area contributed by atoms with Gasteiger partial charge in [0.2, 0.25) is 0 Å². The zero-order valence-corrected chi connectivity index (χ0v) is 13.5. The van der Waals surface area contributed by atoms with Gasteiger partial charge in [-0.2, -0.15) is 11.8 Å². The number of nitrogens with two attached hydrogens (primary N) is 1. The molecule has 0 fully saturated rings. The molecular weight excluding hydrogens is 298 g/mol. The summed E-state index contributed by atoms with van der Waals surface area (Å²) in [5.74, 6) is 2.25. The number of carbonyl (C=O) groups excluding carboxylic acids is 1. The van der Waals surface area contributed by atoms with Crippen molar-refractivity contribution in [2.24, 2.45) is 5.73 Å². The number of benzene rings is 1. The third kappa shape index (κ3) is 7.62. The van der Waals surface area contributed by atoms with E-state index in [1.54, 1.807) is 25.8 Å². The number of rotatable bonds is 8. The summed E-state index contributed by atoms with van der Waals surface area (Å²) in [6, 6.07) is 7.79. The van der Waals surface area contributed by atoms with E-state index in [2.05, 4.69) is 0 Å². The molecule has 0 aliphatic heterocycles. The average Bonchev–Trinajstić information content (AvgIpc) is 2.39. The first-order chi connectivity index (χ1) is 9.15. The fourth-order valence-electron chi connectivity index (χ4n) is 1.54. The molecule has 0 saturated heterocycles. The molecule has 0 aliphatic carbocycles. The molecule has 0 heterocycles. The van der Waals surface area contributed by atoms with E-state index in [0.717, 1.165) is 17.3 Å². The minimum atomic E-state index is -0.222. The Morgan fingerprint density at radius 2 is 2.00 bits per heavy atom. The van der Waals surface area contributed by atoms with Crippen molar-refractivity contribution in [3.8, 4) is 5.75 Å². The number of thioether (sulfide) groups is 1. The molecule has 0 aromatic heterocycles. The van der Waals surface area contributed by atoms with Crippen molar-refractivity contribution < 1.29 is 14.3 Å². The quantitative estimate of drug-likeness (QED) is 0.746. The molecule has 1 rings (SSSR count). The number of halogens is 1. The monoisotopic (exact) mass is 319 g/mol. The lowest BCUT2D eigenvalue weighted by molar-refractivity contribution is -0.143. The van der Waals surface area contributed by atoms with Crippen LogP contribution in [0, 0.1) is 0 Å². The van der Waals surface area contributed by atoms with Crippen molar-refractivity contribution in [1.29, 1.82) is 0 Å². The highest BCUT2D eigenvalue weighted by Gasteiger charge is 2.10. The molecule has 1 atom stereocenters. The molecule has 0 radical (unpaired) electrons. The van der Waals surface area contributed by atoms with E-state index in [-0.39, 0.29) is 30.8 Å². The van der Waals surface area contributed by atoms with Crippen LogP contribution < -0.4 is 10.5 Å². The summed E-state index contributed by atoms with van der Waals surface area (Å²) in [4.78, 5) is 11.2. The molecule has 0 amide bonds.